The maximum atomic E-state index is 12.6. The molecule has 4 rings (SSSR count). The lowest BCUT2D eigenvalue weighted by molar-refractivity contribution is -0.125. The number of amides is 1. The van der Waals surface area contributed by atoms with Gasteiger partial charge in [-0.05, 0) is 24.3 Å². The number of nitrogens with zero attached hydrogens (tertiary/aromatic N) is 1. The fraction of sp³-hybridized carbons (Fsp3) is 0.176. The molecule has 1 fully saturated rings. The highest BCUT2D eigenvalue weighted by Gasteiger charge is 2.68. The zero-order valence-electron chi connectivity index (χ0n) is 11.7. The van der Waals surface area contributed by atoms with Crippen molar-refractivity contribution in [3.63, 3.8) is 0 Å². The second-order valence-electron chi connectivity index (χ2n) is 5.55. The van der Waals surface area contributed by atoms with Gasteiger partial charge in [-0.25, -0.2) is 0 Å². The van der Waals surface area contributed by atoms with Crippen LogP contribution in [0.1, 0.15) is 12.0 Å². The van der Waals surface area contributed by atoms with Gasteiger partial charge in [0.1, 0.15) is 5.75 Å². The van der Waals surface area contributed by atoms with Gasteiger partial charge in [-0.2, -0.15) is 0 Å². The number of oxime groups is 1. The molecule has 2 aromatic rings. The van der Waals surface area contributed by atoms with Crippen LogP contribution in [0.25, 0.3) is 0 Å². The minimum absolute atomic E-state index is 0.209. The molecule has 0 radical (unpaired) electrons. The van der Waals surface area contributed by atoms with Crippen molar-refractivity contribution in [3.05, 3.63) is 60.2 Å². The Morgan fingerprint density at radius 1 is 1.18 bits per heavy atom. The Morgan fingerprint density at radius 2 is 1.91 bits per heavy atom. The van der Waals surface area contributed by atoms with Gasteiger partial charge in [0.05, 0.1) is 11.6 Å². The van der Waals surface area contributed by atoms with E-state index in [1.54, 1.807) is 6.07 Å². The summed E-state index contributed by atoms with van der Waals surface area (Å²) < 4.78 is 5.96. The molecule has 1 aliphatic carbocycles. The monoisotopic (exact) mass is 294 g/mol. The number of nitrogens with one attached hydrogen (secondary N) is 1. The molecule has 5 heteroatoms. The van der Waals surface area contributed by atoms with Gasteiger partial charge in [-0.1, -0.05) is 35.5 Å². The van der Waals surface area contributed by atoms with Crippen LogP contribution in [-0.4, -0.2) is 22.4 Å². The standard InChI is InChI=1S/C17H14N2O3/c20-16(18-11-6-2-1-3-7-11)17-10-13(17)15(19-21)12-8-4-5-9-14(12)22-17/h1-9,13,21H,10H2,(H,18,20)/t13-,17+/m1/s1. The number of carbonyl (C=O) groups is 1. The van der Waals surface area contributed by atoms with Gasteiger partial charge in [-0.3, -0.25) is 4.79 Å². The predicted molar refractivity (Wildman–Crippen MR) is 81.3 cm³/mol. The molecule has 22 heavy (non-hydrogen) atoms. The lowest BCUT2D eigenvalue weighted by atomic mass is 9.99. The van der Waals surface area contributed by atoms with Gasteiger partial charge in [0.2, 0.25) is 0 Å². The molecule has 0 aromatic heterocycles. The van der Waals surface area contributed by atoms with E-state index in [2.05, 4.69) is 10.5 Å². The van der Waals surface area contributed by atoms with Crippen LogP contribution in [-0.2, 0) is 4.79 Å². The Balaban J connectivity index is 1.66. The Kier molecular flexibility index (Phi) is 2.69. The first-order valence-corrected chi connectivity index (χ1v) is 7.11. The van der Waals surface area contributed by atoms with Crippen molar-refractivity contribution < 1.29 is 14.7 Å². The van der Waals surface area contributed by atoms with Crippen LogP contribution in [0.15, 0.2) is 59.8 Å². The molecule has 0 bridgehead atoms. The number of anilines is 1. The van der Waals surface area contributed by atoms with Crippen LogP contribution in [0.4, 0.5) is 5.69 Å². The number of hydrogen-bond acceptors (Lipinski definition) is 4. The predicted octanol–water partition coefficient (Wildman–Crippen LogP) is 2.65. The summed E-state index contributed by atoms with van der Waals surface area (Å²) in [6.45, 7) is 0. The van der Waals surface area contributed by atoms with E-state index in [0.717, 1.165) is 11.3 Å². The second kappa shape index (κ2) is 4.59. The van der Waals surface area contributed by atoms with Crippen LogP contribution in [0.2, 0.25) is 0 Å². The van der Waals surface area contributed by atoms with Gasteiger partial charge >= 0.3 is 0 Å². The third kappa shape index (κ3) is 1.79. The molecule has 0 spiro atoms. The third-order valence-corrected chi connectivity index (χ3v) is 4.22. The summed E-state index contributed by atoms with van der Waals surface area (Å²) in [4.78, 5) is 12.6. The normalized spacial score (nSPS) is 26.5. The Hall–Kier alpha value is -2.82. The highest BCUT2D eigenvalue weighted by atomic mass is 16.5. The molecule has 1 aliphatic heterocycles. The lowest BCUT2D eigenvalue weighted by Crippen LogP contribution is -2.41. The van der Waals surface area contributed by atoms with Crippen molar-refractivity contribution in [2.45, 2.75) is 12.0 Å². The van der Waals surface area contributed by atoms with E-state index >= 15 is 0 Å². The van der Waals surface area contributed by atoms with Gasteiger partial charge in [-0.15, -0.1) is 0 Å². The van der Waals surface area contributed by atoms with Crippen LogP contribution < -0.4 is 10.1 Å². The summed E-state index contributed by atoms with van der Waals surface area (Å²) in [6.07, 6.45) is 0.514. The van der Waals surface area contributed by atoms with Crippen molar-refractivity contribution in [3.8, 4) is 5.75 Å². The quantitative estimate of drug-likeness (QED) is 0.660. The molecule has 2 aromatic carbocycles. The number of carbonyl (C=O) groups excluding carboxylic acids is 1. The van der Waals surface area contributed by atoms with Crippen molar-refractivity contribution in [2.24, 2.45) is 11.1 Å². The molecule has 1 heterocycles. The van der Waals surface area contributed by atoms with Gasteiger partial charge < -0.3 is 15.3 Å². The highest BCUT2D eigenvalue weighted by molar-refractivity contribution is 6.15. The number of benzene rings is 2. The van der Waals surface area contributed by atoms with E-state index in [1.165, 1.54) is 0 Å². The fourth-order valence-electron chi connectivity index (χ4n) is 3.01. The van der Waals surface area contributed by atoms with Crippen LogP contribution in [0.5, 0.6) is 5.75 Å². The molecule has 1 saturated carbocycles. The smallest absolute Gasteiger partial charge is 0.269 e. The van der Waals surface area contributed by atoms with E-state index in [0.29, 0.717) is 17.9 Å². The van der Waals surface area contributed by atoms with Crippen molar-refractivity contribution in [2.75, 3.05) is 5.32 Å². The third-order valence-electron chi connectivity index (χ3n) is 4.22. The topological polar surface area (TPSA) is 70.9 Å². The largest absolute Gasteiger partial charge is 0.476 e. The second-order valence-corrected chi connectivity index (χ2v) is 5.55. The molecule has 2 N–H and O–H groups in total. The molecule has 110 valence electrons. The van der Waals surface area contributed by atoms with Crippen LogP contribution >= 0.6 is 0 Å². The number of hydrogen-bond donors (Lipinski definition) is 2. The molecule has 2 atom stereocenters. The number of rotatable bonds is 2. The average molecular weight is 294 g/mol. The number of fused-ring (bicyclic) bond motifs is 2. The SMILES string of the molecule is O=C(Nc1ccccc1)[C@]12C[C@@H]1C(=NO)c1ccccc1O2. The maximum Gasteiger partial charge on any atom is 0.269 e. The number of para-hydroxylation sites is 2. The van der Waals surface area contributed by atoms with E-state index in [1.807, 2.05) is 48.5 Å². The Labute approximate surface area is 127 Å². The van der Waals surface area contributed by atoms with E-state index in [9.17, 15) is 10.0 Å². The molecular formula is C17H14N2O3. The zero-order valence-corrected chi connectivity index (χ0v) is 11.7. The Bertz CT molecular complexity index is 772. The first kappa shape index (κ1) is 12.9. The summed E-state index contributed by atoms with van der Waals surface area (Å²) in [6, 6.07) is 16.6. The minimum atomic E-state index is -0.967. The van der Waals surface area contributed by atoms with Gasteiger partial charge in [0.15, 0.2) is 5.60 Å². The van der Waals surface area contributed by atoms with Crippen molar-refractivity contribution in [1.29, 1.82) is 0 Å². The maximum absolute atomic E-state index is 12.6. The summed E-state index contributed by atoms with van der Waals surface area (Å²) >= 11 is 0. The van der Waals surface area contributed by atoms with E-state index < -0.39 is 5.60 Å². The molecule has 0 saturated heterocycles. The minimum Gasteiger partial charge on any atom is -0.476 e. The molecular weight excluding hydrogens is 280 g/mol. The highest BCUT2D eigenvalue weighted by Crippen LogP contribution is 2.54. The van der Waals surface area contributed by atoms with Crippen molar-refractivity contribution in [1.82, 2.24) is 0 Å². The van der Waals surface area contributed by atoms with Gasteiger partial charge in [0.25, 0.3) is 5.91 Å². The average Bonchev–Trinajstić information content (AvgIpc) is 3.29. The summed E-state index contributed by atoms with van der Waals surface area (Å²) in [5.74, 6) is 0.155. The molecule has 5 nitrogen and oxygen atoms in total. The first-order valence-electron chi connectivity index (χ1n) is 7.11. The van der Waals surface area contributed by atoms with Gasteiger partial charge in [0, 0.05) is 17.7 Å². The number of ether oxygens (including phenoxy) is 1. The van der Waals surface area contributed by atoms with E-state index in [4.69, 9.17) is 4.74 Å². The molecule has 0 unspecified atom stereocenters. The first-order chi connectivity index (χ1) is 10.7. The van der Waals surface area contributed by atoms with E-state index in [-0.39, 0.29) is 11.8 Å². The lowest BCUT2D eigenvalue weighted by Gasteiger charge is -2.25. The fourth-order valence-corrected chi connectivity index (χ4v) is 3.01. The van der Waals surface area contributed by atoms with Crippen LogP contribution in [0, 0.1) is 5.92 Å². The summed E-state index contributed by atoms with van der Waals surface area (Å²) in [7, 11) is 0. The molecule has 1 amide bonds. The molecule has 2 aliphatic rings. The Morgan fingerprint density at radius 3 is 2.68 bits per heavy atom. The summed E-state index contributed by atoms with van der Waals surface area (Å²) in [5, 5.41) is 15.6. The van der Waals surface area contributed by atoms with Crippen molar-refractivity contribution >= 4 is 17.3 Å². The zero-order chi connectivity index (χ0) is 15.2. The van der Waals surface area contributed by atoms with Crippen LogP contribution in [0.3, 0.4) is 0 Å². The summed E-state index contributed by atoms with van der Waals surface area (Å²) in [5.41, 5.74) is 1.02.